The Morgan fingerprint density at radius 3 is 1.31 bits per heavy atom. The van der Waals surface area contributed by atoms with Crippen molar-refractivity contribution in [3.05, 3.63) is 168 Å². The first-order valence-corrected chi connectivity index (χ1v) is 17.7. The first kappa shape index (κ1) is 29.4. The molecule has 0 atom stereocenters. The maximum atomic E-state index is 5.35. The maximum Gasteiger partial charge on any atom is 0.145 e. The molecule has 244 valence electrons. The summed E-state index contributed by atoms with van der Waals surface area (Å²) in [5.41, 5.74) is 12.8. The minimum Gasteiger partial charge on any atom is -0.296 e. The lowest BCUT2D eigenvalue weighted by atomic mass is 10.0. The highest BCUT2D eigenvalue weighted by Gasteiger charge is 2.25. The van der Waals surface area contributed by atoms with Crippen LogP contribution in [0.3, 0.4) is 0 Å². The molecule has 2 aliphatic carbocycles. The van der Waals surface area contributed by atoms with Gasteiger partial charge >= 0.3 is 0 Å². The number of benzene rings is 5. The van der Waals surface area contributed by atoms with Crippen LogP contribution < -0.4 is 0 Å². The summed E-state index contributed by atoms with van der Waals surface area (Å²) in [7, 11) is 0. The summed E-state index contributed by atoms with van der Waals surface area (Å²) in [4.78, 5) is 16.0. The van der Waals surface area contributed by atoms with Crippen molar-refractivity contribution in [2.24, 2.45) is 0 Å². The third-order valence-corrected chi connectivity index (χ3v) is 9.97. The third-order valence-electron chi connectivity index (χ3n) is 9.97. The molecule has 3 heterocycles. The molecule has 3 aromatic heterocycles. The van der Waals surface area contributed by atoms with Crippen LogP contribution in [0.4, 0.5) is 0 Å². The zero-order valence-electron chi connectivity index (χ0n) is 28.0. The van der Waals surface area contributed by atoms with E-state index in [1.165, 1.54) is 11.4 Å². The van der Waals surface area contributed by atoms with E-state index in [2.05, 4.69) is 171 Å². The second kappa shape index (κ2) is 12.1. The number of allylic oxidation sites excluding steroid dienone is 2. The van der Waals surface area contributed by atoms with E-state index in [1.807, 2.05) is 0 Å². The maximum absolute atomic E-state index is 5.35. The van der Waals surface area contributed by atoms with Crippen molar-refractivity contribution in [2.75, 3.05) is 0 Å². The molecule has 0 bridgehead atoms. The molecule has 6 heteroatoms. The molecule has 0 saturated heterocycles. The number of fused-ring (bicyclic) bond motifs is 3. The van der Waals surface area contributed by atoms with Gasteiger partial charge in [0.25, 0.3) is 0 Å². The molecule has 0 spiro atoms. The zero-order chi connectivity index (χ0) is 33.7. The van der Waals surface area contributed by atoms with Gasteiger partial charge in [0.15, 0.2) is 0 Å². The summed E-state index contributed by atoms with van der Waals surface area (Å²) in [6.45, 7) is 0. The van der Waals surface area contributed by atoms with E-state index in [0.29, 0.717) is 0 Å². The molecule has 8 aromatic rings. The van der Waals surface area contributed by atoms with Gasteiger partial charge in [-0.05, 0) is 105 Å². The number of para-hydroxylation sites is 5. The average Bonchev–Trinajstić information content (AvgIpc) is 3.91. The SMILES string of the molecule is C1=Cc2nc(-c3cc(-c4nc5c(n4-c4ccccc4)CCC=C5)cc(-c4nc5ccccc5n4-c4ccccc4)c3)n(-c3ccccc3)c2CC1. The Balaban J connectivity index is 1.29. The Morgan fingerprint density at radius 1 is 0.412 bits per heavy atom. The second-order valence-electron chi connectivity index (χ2n) is 13.2. The Hall–Kier alpha value is -6.53. The van der Waals surface area contributed by atoms with Crippen LogP contribution in [-0.2, 0) is 12.8 Å². The van der Waals surface area contributed by atoms with Gasteiger partial charge < -0.3 is 0 Å². The monoisotopic (exact) mass is 658 g/mol. The van der Waals surface area contributed by atoms with E-state index in [4.69, 9.17) is 15.0 Å². The molecule has 5 aromatic carbocycles. The van der Waals surface area contributed by atoms with Gasteiger partial charge in [-0.2, -0.15) is 0 Å². The lowest BCUT2D eigenvalue weighted by molar-refractivity contribution is 0.877. The standard InChI is InChI=1S/C45H34N6/c1-4-16-34(17-5-1)49-40-25-13-10-22-37(40)46-43(49)31-28-32(44-47-38-23-11-14-26-41(38)50(44)35-18-6-2-7-19-35)30-33(29-31)45-48-39-24-12-15-27-42(39)51(45)36-20-8-3-9-21-36/h1-13,16-25,28-30H,14-15,26-27H2. The Morgan fingerprint density at radius 2 is 0.824 bits per heavy atom. The largest absolute Gasteiger partial charge is 0.296 e. The van der Waals surface area contributed by atoms with E-state index in [0.717, 1.165) is 99.3 Å². The topological polar surface area (TPSA) is 53.5 Å². The van der Waals surface area contributed by atoms with Gasteiger partial charge in [-0.3, -0.25) is 13.7 Å². The summed E-state index contributed by atoms with van der Waals surface area (Å²) in [5, 5.41) is 0. The van der Waals surface area contributed by atoms with Gasteiger partial charge in [0.05, 0.1) is 33.8 Å². The molecule has 10 rings (SSSR count). The Kier molecular flexibility index (Phi) is 6.98. The molecule has 2 aliphatic rings. The molecule has 0 unspecified atom stereocenters. The fourth-order valence-corrected chi connectivity index (χ4v) is 7.69. The van der Waals surface area contributed by atoms with Crippen molar-refractivity contribution in [1.29, 1.82) is 0 Å². The normalized spacial score (nSPS) is 13.4. The molecule has 0 aliphatic heterocycles. The van der Waals surface area contributed by atoms with Gasteiger partial charge in [0, 0.05) is 33.8 Å². The van der Waals surface area contributed by atoms with Gasteiger partial charge in [0.2, 0.25) is 0 Å². The van der Waals surface area contributed by atoms with Crippen LogP contribution in [0.25, 0.3) is 74.4 Å². The molecule has 0 amide bonds. The summed E-state index contributed by atoms with van der Waals surface area (Å²) in [6.07, 6.45) is 12.6. The van der Waals surface area contributed by atoms with Crippen molar-refractivity contribution < 1.29 is 0 Å². The summed E-state index contributed by atoms with van der Waals surface area (Å²) < 4.78 is 6.96. The van der Waals surface area contributed by atoms with Crippen LogP contribution in [-0.4, -0.2) is 28.7 Å². The van der Waals surface area contributed by atoms with Crippen LogP contribution in [0, 0.1) is 0 Å². The second-order valence-corrected chi connectivity index (χ2v) is 13.2. The quantitative estimate of drug-likeness (QED) is 0.179. The molecule has 6 nitrogen and oxygen atoms in total. The van der Waals surface area contributed by atoms with Crippen LogP contribution in [0.1, 0.15) is 35.6 Å². The zero-order valence-corrected chi connectivity index (χ0v) is 28.0. The fourth-order valence-electron chi connectivity index (χ4n) is 7.69. The highest BCUT2D eigenvalue weighted by atomic mass is 15.1. The fraction of sp³-hybridized carbons (Fsp3) is 0.0889. The number of hydrogen-bond acceptors (Lipinski definition) is 3. The molecule has 0 N–H and O–H groups in total. The molecular formula is C45H34N6. The number of rotatable bonds is 6. The van der Waals surface area contributed by atoms with Crippen molar-refractivity contribution in [3.63, 3.8) is 0 Å². The lowest BCUT2D eigenvalue weighted by Crippen LogP contribution is -2.06. The van der Waals surface area contributed by atoms with Crippen molar-refractivity contribution in [2.45, 2.75) is 25.7 Å². The third kappa shape index (κ3) is 4.98. The van der Waals surface area contributed by atoms with Crippen LogP contribution in [0.2, 0.25) is 0 Å². The van der Waals surface area contributed by atoms with E-state index in [1.54, 1.807) is 0 Å². The van der Waals surface area contributed by atoms with Crippen molar-refractivity contribution >= 4 is 23.2 Å². The van der Waals surface area contributed by atoms with E-state index >= 15 is 0 Å². The molecular weight excluding hydrogens is 625 g/mol. The smallest absolute Gasteiger partial charge is 0.145 e. The van der Waals surface area contributed by atoms with E-state index in [9.17, 15) is 0 Å². The van der Waals surface area contributed by atoms with Gasteiger partial charge in [0.1, 0.15) is 17.5 Å². The minimum absolute atomic E-state index is 0.871. The van der Waals surface area contributed by atoms with E-state index in [-0.39, 0.29) is 0 Å². The predicted octanol–water partition coefficient (Wildman–Crippen LogP) is 10.3. The Labute approximate surface area is 296 Å². The van der Waals surface area contributed by atoms with Crippen LogP contribution in [0.5, 0.6) is 0 Å². The summed E-state index contributed by atoms with van der Waals surface area (Å²) >= 11 is 0. The Bertz CT molecular complexity index is 2500. The van der Waals surface area contributed by atoms with E-state index < -0.39 is 0 Å². The predicted molar refractivity (Wildman–Crippen MR) is 206 cm³/mol. The van der Waals surface area contributed by atoms with Crippen LogP contribution >= 0.6 is 0 Å². The molecule has 51 heavy (non-hydrogen) atoms. The molecule has 0 radical (unpaired) electrons. The first-order chi connectivity index (χ1) is 25.3. The van der Waals surface area contributed by atoms with Crippen molar-refractivity contribution in [1.82, 2.24) is 28.7 Å². The average molecular weight is 659 g/mol. The number of aromatic nitrogens is 6. The summed E-state index contributed by atoms with van der Waals surface area (Å²) in [6, 6.07) is 46.9. The van der Waals surface area contributed by atoms with Gasteiger partial charge in [-0.1, -0.05) is 78.9 Å². The number of nitrogens with zero attached hydrogens (tertiary/aromatic N) is 6. The lowest BCUT2D eigenvalue weighted by Gasteiger charge is -2.17. The first-order valence-electron chi connectivity index (χ1n) is 17.7. The highest BCUT2D eigenvalue weighted by molar-refractivity contribution is 5.86. The minimum atomic E-state index is 0.871. The van der Waals surface area contributed by atoms with Gasteiger partial charge in [-0.15, -0.1) is 0 Å². The molecule has 0 fully saturated rings. The molecule has 0 saturated carbocycles. The number of hydrogen-bond donors (Lipinski definition) is 0. The highest BCUT2D eigenvalue weighted by Crippen LogP contribution is 2.39. The van der Waals surface area contributed by atoms with Crippen LogP contribution in [0.15, 0.2) is 146 Å². The number of imidazole rings is 3. The van der Waals surface area contributed by atoms with Crippen molar-refractivity contribution in [3.8, 4) is 51.2 Å². The van der Waals surface area contributed by atoms with Gasteiger partial charge in [-0.25, -0.2) is 15.0 Å². The summed E-state index contributed by atoms with van der Waals surface area (Å²) in [5.74, 6) is 2.69.